The maximum atomic E-state index is 11.1. The smallest absolute Gasteiger partial charge is 0.226 e. The minimum atomic E-state index is -0.249. The minimum absolute atomic E-state index is 0.0408. The first-order valence-electron chi connectivity index (χ1n) is 4.30. The zero-order valence-electron chi connectivity index (χ0n) is 7.95. The summed E-state index contributed by atoms with van der Waals surface area (Å²) >= 11 is 0. The lowest BCUT2D eigenvalue weighted by molar-refractivity contribution is -0.116. The maximum absolute atomic E-state index is 11.1. The van der Waals surface area contributed by atoms with Gasteiger partial charge in [-0.3, -0.25) is 4.79 Å². The molecule has 0 unspecified atom stereocenters. The van der Waals surface area contributed by atoms with Crippen LogP contribution in [0.25, 0.3) is 0 Å². The van der Waals surface area contributed by atoms with Crippen LogP contribution in [0.4, 0.5) is 5.82 Å². The predicted molar refractivity (Wildman–Crippen MR) is 52.9 cm³/mol. The lowest BCUT2D eigenvalue weighted by atomic mass is 10.3. The Morgan fingerprint density at radius 2 is 2.36 bits per heavy atom. The highest BCUT2D eigenvalue weighted by atomic mass is 16.3. The molecule has 0 aliphatic rings. The normalized spacial score (nSPS) is 9.86. The van der Waals surface area contributed by atoms with E-state index in [2.05, 4.69) is 10.3 Å². The number of nitrogens with zero attached hydrogens (tertiary/aromatic N) is 1. The molecule has 0 radical (unpaired) electrons. The van der Waals surface area contributed by atoms with Crippen molar-refractivity contribution < 1.29 is 9.90 Å². The van der Waals surface area contributed by atoms with Crippen molar-refractivity contribution in [1.29, 1.82) is 0 Å². The lowest BCUT2D eigenvalue weighted by Gasteiger charge is -2.05. The number of anilines is 1. The van der Waals surface area contributed by atoms with Gasteiger partial charge >= 0.3 is 0 Å². The number of aromatic nitrogens is 1. The van der Waals surface area contributed by atoms with Crippen LogP contribution in [0.1, 0.15) is 12.1 Å². The molecule has 1 rings (SSSR count). The van der Waals surface area contributed by atoms with E-state index in [4.69, 9.17) is 5.73 Å². The van der Waals surface area contributed by atoms with Crippen molar-refractivity contribution in [2.24, 2.45) is 5.73 Å². The van der Waals surface area contributed by atoms with Crippen LogP contribution in [0.5, 0.6) is 5.75 Å². The zero-order valence-corrected chi connectivity index (χ0v) is 7.95. The van der Waals surface area contributed by atoms with Crippen molar-refractivity contribution in [2.75, 3.05) is 11.9 Å². The van der Waals surface area contributed by atoms with Gasteiger partial charge < -0.3 is 16.2 Å². The Balaban J connectivity index is 2.75. The molecule has 0 aromatic carbocycles. The summed E-state index contributed by atoms with van der Waals surface area (Å²) in [6.45, 7) is 2.05. The molecule has 5 nitrogen and oxygen atoms in total. The summed E-state index contributed by atoms with van der Waals surface area (Å²) in [7, 11) is 0. The van der Waals surface area contributed by atoms with Gasteiger partial charge in [-0.2, -0.15) is 0 Å². The van der Waals surface area contributed by atoms with Gasteiger partial charge in [0.15, 0.2) is 11.6 Å². The van der Waals surface area contributed by atoms with Crippen molar-refractivity contribution in [3.8, 4) is 5.75 Å². The monoisotopic (exact) mass is 195 g/mol. The van der Waals surface area contributed by atoms with Gasteiger partial charge in [0.1, 0.15) is 0 Å². The van der Waals surface area contributed by atoms with Gasteiger partial charge in [0.25, 0.3) is 0 Å². The first-order valence-corrected chi connectivity index (χ1v) is 4.30. The lowest BCUT2D eigenvalue weighted by Crippen LogP contribution is -2.17. The standard InChI is InChI=1S/C9H13N3O2/c1-6-2-3-7(13)9(11-6)12-8(14)4-5-10/h2-3,13H,4-5,10H2,1H3,(H,11,12,14). The topological polar surface area (TPSA) is 88.2 Å². The molecule has 0 saturated carbocycles. The summed E-state index contributed by atoms with van der Waals surface area (Å²) in [5.74, 6) is -0.106. The molecule has 5 heteroatoms. The molecule has 0 spiro atoms. The van der Waals surface area contributed by atoms with E-state index < -0.39 is 0 Å². The van der Waals surface area contributed by atoms with Gasteiger partial charge in [-0.25, -0.2) is 4.98 Å². The molecule has 1 aromatic heterocycles. The first kappa shape index (κ1) is 10.5. The highest BCUT2D eigenvalue weighted by Crippen LogP contribution is 2.19. The SMILES string of the molecule is Cc1ccc(O)c(NC(=O)CCN)n1. The van der Waals surface area contributed by atoms with E-state index in [-0.39, 0.29) is 30.4 Å². The second kappa shape index (κ2) is 4.57. The highest BCUT2D eigenvalue weighted by molar-refractivity contribution is 5.91. The van der Waals surface area contributed by atoms with Gasteiger partial charge in [0.05, 0.1) is 0 Å². The van der Waals surface area contributed by atoms with E-state index in [1.54, 1.807) is 13.0 Å². The number of aromatic hydroxyl groups is 1. The molecule has 0 saturated heterocycles. The zero-order chi connectivity index (χ0) is 10.6. The van der Waals surface area contributed by atoms with E-state index in [9.17, 15) is 9.90 Å². The van der Waals surface area contributed by atoms with Crippen molar-refractivity contribution in [3.05, 3.63) is 17.8 Å². The van der Waals surface area contributed by atoms with E-state index in [1.807, 2.05) is 0 Å². The van der Waals surface area contributed by atoms with E-state index in [1.165, 1.54) is 6.07 Å². The van der Waals surface area contributed by atoms with Gasteiger partial charge in [-0.1, -0.05) is 0 Å². The van der Waals surface area contributed by atoms with Gasteiger partial charge in [-0.15, -0.1) is 0 Å². The number of carbonyl (C=O) groups excluding carboxylic acids is 1. The molecule has 0 aliphatic carbocycles. The molecule has 0 aliphatic heterocycles. The van der Waals surface area contributed by atoms with Gasteiger partial charge in [0, 0.05) is 18.7 Å². The fourth-order valence-corrected chi connectivity index (χ4v) is 0.967. The average Bonchev–Trinajstić information content (AvgIpc) is 2.12. The van der Waals surface area contributed by atoms with Gasteiger partial charge in [-0.05, 0) is 19.1 Å². The third-order valence-corrected chi connectivity index (χ3v) is 1.64. The molecule has 0 bridgehead atoms. The van der Waals surface area contributed by atoms with Crippen LogP contribution in [0, 0.1) is 6.92 Å². The quantitative estimate of drug-likeness (QED) is 0.650. The van der Waals surface area contributed by atoms with Crippen molar-refractivity contribution >= 4 is 11.7 Å². The molecule has 76 valence electrons. The van der Waals surface area contributed by atoms with E-state index in [0.29, 0.717) is 0 Å². The summed E-state index contributed by atoms with van der Waals surface area (Å²) in [6, 6.07) is 3.15. The Hall–Kier alpha value is -1.62. The number of hydrogen-bond acceptors (Lipinski definition) is 4. The van der Waals surface area contributed by atoms with Crippen LogP contribution in [0.15, 0.2) is 12.1 Å². The number of aryl methyl sites for hydroxylation is 1. The van der Waals surface area contributed by atoms with Crippen LogP contribution >= 0.6 is 0 Å². The fourth-order valence-electron chi connectivity index (χ4n) is 0.967. The van der Waals surface area contributed by atoms with Crippen LogP contribution in [-0.2, 0) is 4.79 Å². The summed E-state index contributed by atoms with van der Waals surface area (Å²) in [6.07, 6.45) is 0.217. The number of pyridine rings is 1. The summed E-state index contributed by atoms with van der Waals surface area (Å²) in [4.78, 5) is 15.1. The number of amides is 1. The Labute approximate surface area is 82.0 Å². The Kier molecular flexibility index (Phi) is 3.41. The molecular formula is C9H13N3O2. The number of hydrogen-bond donors (Lipinski definition) is 3. The third kappa shape index (κ3) is 2.70. The minimum Gasteiger partial charge on any atom is -0.504 e. The van der Waals surface area contributed by atoms with Crippen molar-refractivity contribution in [2.45, 2.75) is 13.3 Å². The van der Waals surface area contributed by atoms with Crippen molar-refractivity contribution in [3.63, 3.8) is 0 Å². The van der Waals surface area contributed by atoms with Crippen LogP contribution in [0.2, 0.25) is 0 Å². The second-order valence-corrected chi connectivity index (χ2v) is 2.91. The Morgan fingerprint density at radius 3 is 3.00 bits per heavy atom. The molecule has 1 amide bonds. The predicted octanol–water partition coefficient (Wildman–Crippen LogP) is 0.383. The molecule has 1 heterocycles. The Morgan fingerprint density at radius 1 is 1.64 bits per heavy atom. The fraction of sp³-hybridized carbons (Fsp3) is 0.333. The molecular weight excluding hydrogens is 182 g/mol. The largest absolute Gasteiger partial charge is 0.504 e. The number of rotatable bonds is 3. The number of carbonyl (C=O) groups is 1. The van der Waals surface area contributed by atoms with Crippen LogP contribution in [-0.4, -0.2) is 22.5 Å². The van der Waals surface area contributed by atoms with Gasteiger partial charge in [0.2, 0.25) is 5.91 Å². The maximum Gasteiger partial charge on any atom is 0.226 e. The first-order chi connectivity index (χ1) is 6.63. The molecule has 1 aromatic rings. The molecule has 0 fully saturated rings. The van der Waals surface area contributed by atoms with E-state index >= 15 is 0 Å². The average molecular weight is 195 g/mol. The molecule has 14 heavy (non-hydrogen) atoms. The molecule has 4 N–H and O–H groups in total. The van der Waals surface area contributed by atoms with Crippen LogP contribution in [0.3, 0.4) is 0 Å². The number of nitrogens with one attached hydrogen (secondary N) is 1. The summed E-state index contributed by atoms with van der Waals surface area (Å²) < 4.78 is 0. The summed E-state index contributed by atoms with van der Waals surface area (Å²) in [5, 5.41) is 11.8. The van der Waals surface area contributed by atoms with Crippen molar-refractivity contribution in [1.82, 2.24) is 4.98 Å². The third-order valence-electron chi connectivity index (χ3n) is 1.64. The molecule has 0 atom stereocenters. The Bertz CT molecular complexity index is 339. The number of nitrogens with two attached hydrogens (primary N) is 1. The second-order valence-electron chi connectivity index (χ2n) is 2.91. The highest BCUT2D eigenvalue weighted by Gasteiger charge is 2.06. The summed E-state index contributed by atoms with van der Waals surface area (Å²) in [5.41, 5.74) is 5.93. The van der Waals surface area contributed by atoms with Crippen LogP contribution < -0.4 is 11.1 Å². The van der Waals surface area contributed by atoms with E-state index in [0.717, 1.165) is 5.69 Å².